The summed E-state index contributed by atoms with van der Waals surface area (Å²) >= 11 is 0. The minimum absolute atomic E-state index is 0.0484. The molecule has 9 atom stereocenters. The summed E-state index contributed by atoms with van der Waals surface area (Å²) in [7, 11) is 2.03. The number of phenolic OH excluding ortho intramolecular Hbond substituents is 1. The Labute approximate surface area is 431 Å². The Morgan fingerprint density at radius 1 is 0.726 bits per heavy atom. The third-order valence-corrected chi connectivity index (χ3v) is 14.5. The lowest BCUT2D eigenvalue weighted by Crippen LogP contribution is -2.62. The van der Waals surface area contributed by atoms with Crippen LogP contribution in [-0.4, -0.2) is 135 Å². The average Bonchev–Trinajstić information content (AvgIpc) is 3.76. The van der Waals surface area contributed by atoms with Crippen LogP contribution in [0, 0.1) is 5.92 Å². The molecule has 1 saturated heterocycles. The van der Waals surface area contributed by atoms with Crippen LogP contribution in [0.5, 0.6) is 5.75 Å². The second kappa shape index (κ2) is 28.0. The average molecular weight is 1050 g/mol. The molecule has 0 radical (unpaired) electrons. The van der Waals surface area contributed by atoms with Gasteiger partial charge in [-0.3, -0.25) is 38.4 Å². The highest BCUT2D eigenvalue weighted by Gasteiger charge is 2.36. The summed E-state index contributed by atoms with van der Waals surface area (Å²) < 4.78 is 0. The first-order valence-electron chi connectivity index (χ1n) is 24.0. The summed E-state index contributed by atoms with van der Waals surface area (Å²) in [5.74, 6) is -7.62. The number of nitrogens with two attached hydrogens (primary N) is 3. The van der Waals surface area contributed by atoms with Gasteiger partial charge in [-0.25, -0.2) is 0 Å². The van der Waals surface area contributed by atoms with Gasteiger partial charge in [0.15, 0.2) is 0 Å². The number of carbonyl (C=O) groups is 8. The van der Waals surface area contributed by atoms with Gasteiger partial charge in [0.1, 0.15) is 48.0 Å². The molecule has 3 aromatic carbocycles. The zero-order valence-corrected chi connectivity index (χ0v) is 42.6. The number of nitrogens with one attached hydrogen (secondary N) is 8. The van der Waals surface area contributed by atoms with Crippen LogP contribution in [0.1, 0.15) is 56.7 Å². The Morgan fingerprint density at radius 2 is 1.34 bits per heavy atom. The van der Waals surface area contributed by atoms with E-state index < -0.39 is 108 Å². The number of hydrogen-bond acceptors (Lipinski definition) is 14. The van der Waals surface area contributed by atoms with Crippen LogP contribution in [-0.2, 0) is 57.6 Å². The molecule has 23 heteroatoms. The molecular formula is C50H67N11O10S2. The van der Waals surface area contributed by atoms with Crippen molar-refractivity contribution in [2.24, 2.45) is 23.1 Å². The van der Waals surface area contributed by atoms with Gasteiger partial charge in [0.25, 0.3) is 0 Å². The van der Waals surface area contributed by atoms with Crippen LogP contribution in [0.4, 0.5) is 0 Å². The zero-order valence-electron chi connectivity index (χ0n) is 40.9. The third kappa shape index (κ3) is 17.2. The summed E-state index contributed by atoms with van der Waals surface area (Å²) in [6, 6.07) is 11.5. The number of fused-ring (bicyclic) bond motifs is 1. The van der Waals surface area contributed by atoms with Crippen molar-refractivity contribution in [1.29, 1.82) is 0 Å². The molecule has 2 heterocycles. The monoisotopic (exact) mass is 1050 g/mol. The Bertz CT molecular complexity index is 2530. The lowest BCUT2D eigenvalue weighted by atomic mass is 10.00. The molecule has 0 bridgehead atoms. The van der Waals surface area contributed by atoms with Gasteiger partial charge in [-0.15, -0.1) is 0 Å². The summed E-state index contributed by atoms with van der Waals surface area (Å²) in [6.07, 6.45) is 1.10. The number of aromatic amines is 1. The van der Waals surface area contributed by atoms with E-state index in [1.807, 2.05) is 30.3 Å². The largest absolute Gasteiger partial charge is 0.508 e. The summed E-state index contributed by atoms with van der Waals surface area (Å²) in [4.78, 5) is 116. The molecular weight excluding hydrogens is 979 g/mol. The van der Waals surface area contributed by atoms with Gasteiger partial charge in [0, 0.05) is 41.4 Å². The Hall–Kier alpha value is -6.66. The van der Waals surface area contributed by atoms with Crippen LogP contribution < -0.4 is 54.4 Å². The number of aromatic hydroxyl groups is 1. The standard InChI is InChI=1S/C50H67N11O10S2/c1-27(2)41-50(71)59-40(49(70)61-42(28(3)62)43(53)64)26-73-72-25-39(58-44(65)34(52)21-29-11-5-4-6-12-29)48(69)56-37(22-30-16-18-32(63)19-17-30)46(67)57-38(23-31-24-54-35-14-8-7-13-33(31)35)47(68)55-36(45(66)60-41)15-9-10-20-51/h4-8,11-14,16-19,24,27-28,34,36-42,54,62-63H,9-10,15,20-23,25-26,51-52H2,1-3H3,(H2,53,64)(H,55,68)(H,56,69)(H,57,67)(H,58,65)(H,59,71)(H,60,66)(H,61,70)/t28-,34-,36+,37+,38-,39+,40+,41?,42+/m1/s1. The zero-order chi connectivity index (χ0) is 53.2. The molecule has 73 heavy (non-hydrogen) atoms. The van der Waals surface area contributed by atoms with E-state index in [2.05, 4.69) is 42.2 Å². The number of phenols is 1. The van der Waals surface area contributed by atoms with Gasteiger partial charge >= 0.3 is 0 Å². The van der Waals surface area contributed by atoms with Gasteiger partial charge in [-0.05, 0) is 80.0 Å². The van der Waals surface area contributed by atoms with Gasteiger partial charge in [0.05, 0.1) is 12.1 Å². The minimum atomic E-state index is -1.54. The third-order valence-electron chi connectivity index (χ3n) is 12.1. The highest BCUT2D eigenvalue weighted by molar-refractivity contribution is 8.76. The predicted octanol–water partition coefficient (Wildman–Crippen LogP) is -0.332. The fourth-order valence-electron chi connectivity index (χ4n) is 7.96. The van der Waals surface area contributed by atoms with E-state index in [-0.39, 0.29) is 49.5 Å². The number of aromatic nitrogens is 1. The number of primary amides is 1. The summed E-state index contributed by atoms with van der Waals surface area (Å²) in [5.41, 5.74) is 20.3. The van der Waals surface area contributed by atoms with E-state index in [0.29, 0.717) is 24.0 Å². The molecule has 1 aromatic heterocycles. The molecule has 0 spiro atoms. The Kier molecular flexibility index (Phi) is 21.9. The molecule has 1 unspecified atom stereocenters. The first kappa shape index (κ1) is 57.2. The summed E-state index contributed by atoms with van der Waals surface area (Å²) in [5, 5.41) is 40.0. The highest BCUT2D eigenvalue weighted by Crippen LogP contribution is 2.25. The Balaban J connectivity index is 1.58. The van der Waals surface area contributed by atoms with E-state index in [0.717, 1.165) is 38.1 Å². The van der Waals surface area contributed by atoms with Crippen LogP contribution in [0.25, 0.3) is 10.9 Å². The van der Waals surface area contributed by atoms with Crippen molar-refractivity contribution in [3.63, 3.8) is 0 Å². The number of aliphatic hydroxyl groups is 1. The van der Waals surface area contributed by atoms with Crippen LogP contribution in [0.3, 0.4) is 0 Å². The minimum Gasteiger partial charge on any atom is -0.508 e. The lowest BCUT2D eigenvalue weighted by molar-refractivity contribution is -0.136. The second-order valence-electron chi connectivity index (χ2n) is 18.2. The van der Waals surface area contributed by atoms with Crippen molar-refractivity contribution >= 4 is 79.7 Å². The number of unbranched alkanes of at least 4 members (excludes halogenated alkanes) is 1. The first-order valence-corrected chi connectivity index (χ1v) is 26.5. The number of hydrogen-bond donors (Lipinski definition) is 13. The van der Waals surface area contributed by atoms with Gasteiger partial charge in [0.2, 0.25) is 47.3 Å². The van der Waals surface area contributed by atoms with Crippen LogP contribution in [0.2, 0.25) is 0 Å². The highest BCUT2D eigenvalue weighted by atomic mass is 33.1. The van der Waals surface area contributed by atoms with E-state index in [9.17, 15) is 48.6 Å². The second-order valence-corrected chi connectivity index (χ2v) is 20.8. The maximum Gasteiger partial charge on any atom is 0.244 e. The van der Waals surface area contributed by atoms with Crippen molar-refractivity contribution in [2.45, 2.75) is 114 Å². The Morgan fingerprint density at radius 3 is 2.00 bits per heavy atom. The smallest absolute Gasteiger partial charge is 0.244 e. The number of rotatable bonds is 17. The number of amides is 8. The van der Waals surface area contributed by atoms with Crippen molar-refractivity contribution in [2.75, 3.05) is 18.1 Å². The molecule has 1 aliphatic rings. The van der Waals surface area contributed by atoms with E-state index in [1.165, 1.54) is 19.1 Å². The molecule has 21 nitrogen and oxygen atoms in total. The first-order chi connectivity index (χ1) is 34.8. The number of para-hydroxylation sites is 1. The molecule has 394 valence electrons. The number of benzene rings is 3. The van der Waals surface area contributed by atoms with Crippen LogP contribution in [0.15, 0.2) is 85.1 Å². The van der Waals surface area contributed by atoms with Crippen molar-refractivity contribution < 1.29 is 48.6 Å². The fraction of sp³-hybridized carbons (Fsp3) is 0.440. The molecule has 8 amide bonds. The van der Waals surface area contributed by atoms with E-state index >= 15 is 0 Å². The summed E-state index contributed by atoms with van der Waals surface area (Å²) in [6.45, 7) is 4.85. The topological polar surface area (TPSA) is 355 Å². The number of aliphatic hydroxyl groups excluding tert-OH is 1. The predicted molar refractivity (Wildman–Crippen MR) is 279 cm³/mol. The molecule has 0 aliphatic carbocycles. The van der Waals surface area contributed by atoms with Gasteiger partial charge < -0.3 is 69.6 Å². The number of carbonyl (C=O) groups excluding carboxylic acids is 8. The van der Waals surface area contributed by atoms with E-state index in [1.54, 1.807) is 56.4 Å². The molecule has 0 saturated carbocycles. The van der Waals surface area contributed by atoms with Crippen molar-refractivity contribution in [3.8, 4) is 5.75 Å². The van der Waals surface area contributed by atoms with E-state index in [4.69, 9.17) is 17.2 Å². The quantitative estimate of drug-likeness (QED) is 0.0476. The maximum absolute atomic E-state index is 14.8. The van der Waals surface area contributed by atoms with Crippen molar-refractivity contribution in [3.05, 3.63) is 102 Å². The van der Waals surface area contributed by atoms with Crippen molar-refractivity contribution in [1.82, 2.24) is 42.2 Å². The molecule has 16 N–H and O–H groups in total. The molecule has 1 aliphatic heterocycles. The van der Waals surface area contributed by atoms with Gasteiger partial charge in [-0.2, -0.15) is 0 Å². The normalized spacial score (nSPS) is 22.1. The molecule has 4 aromatic rings. The molecule has 1 fully saturated rings. The van der Waals surface area contributed by atoms with Crippen LogP contribution >= 0.6 is 21.6 Å². The van der Waals surface area contributed by atoms with Gasteiger partial charge in [-0.1, -0.05) is 96.1 Å². The maximum atomic E-state index is 14.8. The SMILES string of the molecule is CC(C)C1NC(=O)[C@H](CCCCN)NC(=O)[C@@H](Cc2c[nH]c3ccccc23)NC(=O)[C@H](Cc2ccc(O)cc2)NC(=O)[C@@H](NC(=O)[C@H](N)Cc2ccccc2)CSSC[C@@H](C(=O)N[C@H](C(N)=O)[C@@H](C)O)NC1=O. The number of H-pyrrole nitrogens is 1. The fourth-order valence-corrected chi connectivity index (χ4v) is 10.3. The lowest BCUT2D eigenvalue weighted by Gasteiger charge is -2.29. The molecule has 5 rings (SSSR count).